The second-order valence-electron chi connectivity index (χ2n) is 7.09. The molecule has 2 aromatic carbocycles. The number of likely N-dealkylation sites (tertiary alicyclic amines) is 1. The van der Waals surface area contributed by atoms with Gasteiger partial charge in [-0.2, -0.15) is 0 Å². The number of nitrogens with two attached hydrogens (primary N) is 1. The molecule has 2 heterocycles. The van der Waals surface area contributed by atoms with Crippen LogP contribution in [0.4, 0.5) is 5.69 Å². The van der Waals surface area contributed by atoms with E-state index in [1.165, 1.54) is 11.8 Å². The molecule has 3 aromatic rings. The van der Waals surface area contributed by atoms with E-state index in [4.69, 9.17) is 10.2 Å². The van der Waals surface area contributed by atoms with E-state index in [2.05, 4.69) is 29.2 Å². The summed E-state index contributed by atoms with van der Waals surface area (Å²) in [5.41, 5.74) is 8.94. The lowest BCUT2D eigenvalue weighted by molar-refractivity contribution is 0.0684. The Bertz CT molecular complexity index is 912. The predicted octanol–water partition coefficient (Wildman–Crippen LogP) is 4.02. The van der Waals surface area contributed by atoms with Gasteiger partial charge in [-0.1, -0.05) is 36.4 Å². The molecular weight excluding hydrogens is 338 g/mol. The van der Waals surface area contributed by atoms with Crippen LogP contribution in [0.2, 0.25) is 0 Å². The molecule has 1 aromatic heterocycles. The Hall–Kier alpha value is -3.08. The lowest BCUT2D eigenvalue weighted by atomic mass is 9.90. The highest BCUT2D eigenvalue weighted by atomic mass is 16.3. The average molecular weight is 361 g/mol. The molecule has 0 aliphatic carbocycles. The van der Waals surface area contributed by atoms with Gasteiger partial charge in [0.05, 0.1) is 0 Å². The van der Waals surface area contributed by atoms with Crippen LogP contribution < -0.4 is 5.73 Å². The maximum absolute atomic E-state index is 12.8. The number of aromatic nitrogens is 1. The summed E-state index contributed by atoms with van der Waals surface area (Å²) in [4.78, 5) is 19.0. The first-order valence-electron chi connectivity index (χ1n) is 9.33. The zero-order chi connectivity index (χ0) is 18.6. The molecule has 27 heavy (non-hydrogen) atoms. The summed E-state index contributed by atoms with van der Waals surface area (Å²) in [6.07, 6.45) is 4.55. The highest BCUT2D eigenvalue weighted by molar-refractivity contribution is 5.92. The van der Waals surface area contributed by atoms with Crippen molar-refractivity contribution in [2.45, 2.75) is 19.3 Å². The highest BCUT2D eigenvalue weighted by Gasteiger charge is 2.25. The maximum Gasteiger partial charge on any atom is 0.275 e. The minimum Gasteiger partial charge on any atom is -0.444 e. The highest BCUT2D eigenvalue weighted by Crippen LogP contribution is 2.24. The SMILES string of the molecule is Nc1cccc(-c2nc(C(=O)N3CCC(Cc4ccccc4)CC3)co2)c1. The largest absolute Gasteiger partial charge is 0.444 e. The van der Waals surface area contributed by atoms with Crippen molar-refractivity contribution >= 4 is 11.6 Å². The van der Waals surface area contributed by atoms with Crippen molar-refractivity contribution in [3.63, 3.8) is 0 Å². The number of anilines is 1. The first-order valence-corrected chi connectivity index (χ1v) is 9.33. The third-order valence-electron chi connectivity index (χ3n) is 5.13. The molecule has 0 radical (unpaired) electrons. The van der Waals surface area contributed by atoms with Gasteiger partial charge in [0, 0.05) is 24.3 Å². The molecule has 0 unspecified atom stereocenters. The molecule has 4 rings (SSSR count). The van der Waals surface area contributed by atoms with Gasteiger partial charge in [0.25, 0.3) is 5.91 Å². The summed E-state index contributed by atoms with van der Waals surface area (Å²) in [6, 6.07) is 17.8. The van der Waals surface area contributed by atoms with Crippen molar-refractivity contribution in [3.05, 3.63) is 72.1 Å². The van der Waals surface area contributed by atoms with Crippen LogP contribution in [0, 0.1) is 5.92 Å². The lowest BCUT2D eigenvalue weighted by Crippen LogP contribution is -2.39. The van der Waals surface area contributed by atoms with E-state index in [0.717, 1.165) is 37.9 Å². The van der Waals surface area contributed by atoms with Crippen LogP contribution in [0.1, 0.15) is 28.9 Å². The molecule has 0 atom stereocenters. The normalized spacial score (nSPS) is 15.0. The first-order chi connectivity index (χ1) is 13.2. The summed E-state index contributed by atoms with van der Waals surface area (Å²) >= 11 is 0. The van der Waals surface area contributed by atoms with E-state index < -0.39 is 0 Å². The smallest absolute Gasteiger partial charge is 0.275 e. The first kappa shape index (κ1) is 17.3. The zero-order valence-corrected chi connectivity index (χ0v) is 15.2. The van der Waals surface area contributed by atoms with Crippen molar-refractivity contribution in [1.82, 2.24) is 9.88 Å². The lowest BCUT2D eigenvalue weighted by Gasteiger charge is -2.31. The number of hydrogen-bond acceptors (Lipinski definition) is 4. The molecule has 138 valence electrons. The number of rotatable bonds is 4. The Morgan fingerprint density at radius 1 is 1.11 bits per heavy atom. The number of benzene rings is 2. The van der Waals surface area contributed by atoms with Crippen molar-refractivity contribution in [2.24, 2.45) is 5.92 Å². The minimum absolute atomic E-state index is 0.0629. The molecule has 1 fully saturated rings. The van der Waals surface area contributed by atoms with E-state index in [-0.39, 0.29) is 5.91 Å². The fraction of sp³-hybridized carbons (Fsp3) is 0.273. The van der Waals surface area contributed by atoms with Crippen LogP contribution in [0.15, 0.2) is 65.3 Å². The number of carbonyl (C=O) groups excluding carboxylic acids is 1. The van der Waals surface area contributed by atoms with Crippen molar-refractivity contribution in [2.75, 3.05) is 18.8 Å². The Labute approximate surface area is 158 Å². The molecule has 1 amide bonds. The fourth-order valence-corrected chi connectivity index (χ4v) is 3.63. The molecule has 2 N–H and O–H groups in total. The van der Waals surface area contributed by atoms with Crippen LogP contribution in [0.3, 0.4) is 0 Å². The van der Waals surface area contributed by atoms with Crippen LogP contribution >= 0.6 is 0 Å². The predicted molar refractivity (Wildman–Crippen MR) is 105 cm³/mol. The van der Waals surface area contributed by atoms with Gasteiger partial charge in [0.1, 0.15) is 6.26 Å². The topological polar surface area (TPSA) is 72.4 Å². The Balaban J connectivity index is 1.37. The molecule has 0 bridgehead atoms. The van der Waals surface area contributed by atoms with Gasteiger partial charge in [0.15, 0.2) is 5.69 Å². The standard InChI is InChI=1S/C22H23N3O2/c23-19-8-4-7-18(14-19)21-24-20(15-27-21)22(26)25-11-9-17(10-12-25)13-16-5-2-1-3-6-16/h1-8,14-15,17H,9-13,23H2. The number of nitrogen functional groups attached to an aromatic ring is 1. The van der Waals surface area contributed by atoms with Gasteiger partial charge in [-0.15, -0.1) is 0 Å². The van der Waals surface area contributed by atoms with E-state index in [1.54, 1.807) is 12.1 Å². The third kappa shape index (κ3) is 4.03. The molecule has 0 spiro atoms. The number of hydrogen-bond donors (Lipinski definition) is 1. The van der Waals surface area contributed by atoms with Crippen LogP contribution in [0.5, 0.6) is 0 Å². The van der Waals surface area contributed by atoms with Gasteiger partial charge in [-0.25, -0.2) is 4.98 Å². The monoisotopic (exact) mass is 361 g/mol. The van der Waals surface area contributed by atoms with Gasteiger partial charge < -0.3 is 15.1 Å². The van der Waals surface area contributed by atoms with Crippen LogP contribution in [0.25, 0.3) is 11.5 Å². The second kappa shape index (κ2) is 7.66. The van der Waals surface area contributed by atoms with E-state index >= 15 is 0 Å². The summed E-state index contributed by atoms with van der Waals surface area (Å²) in [7, 11) is 0. The molecule has 1 saturated heterocycles. The van der Waals surface area contributed by atoms with Gasteiger partial charge in [-0.3, -0.25) is 4.79 Å². The number of carbonyl (C=O) groups is 1. The van der Waals surface area contributed by atoms with Gasteiger partial charge in [0.2, 0.25) is 5.89 Å². The van der Waals surface area contributed by atoms with Gasteiger partial charge >= 0.3 is 0 Å². The second-order valence-corrected chi connectivity index (χ2v) is 7.09. The Morgan fingerprint density at radius 2 is 1.89 bits per heavy atom. The van der Waals surface area contributed by atoms with Crippen molar-refractivity contribution in [3.8, 4) is 11.5 Å². The summed E-state index contributed by atoms with van der Waals surface area (Å²) in [5.74, 6) is 0.980. The summed E-state index contributed by atoms with van der Waals surface area (Å²) in [5, 5.41) is 0. The number of piperidine rings is 1. The zero-order valence-electron chi connectivity index (χ0n) is 15.2. The van der Waals surface area contributed by atoms with E-state index in [0.29, 0.717) is 23.2 Å². The number of nitrogens with zero attached hydrogens (tertiary/aromatic N) is 2. The van der Waals surface area contributed by atoms with Crippen molar-refractivity contribution < 1.29 is 9.21 Å². The fourth-order valence-electron chi connectivity index (χ4n) is 3.63. The Kier molecular flexibility index (Phi) is 4.92. The third-order valence-corrected chi connectivity index (χ3v) is 5.13. The van der Waals surface area contributed by atoms with E-state index in [9.17, 15) is 4.79 Å². The number of oxazole rings is 1. The molecular formula is C22H23N3O2. The summed E-state index contributed by atoms with van der Waals surface area (Å²) < 4.78 is 5.50. The average Bonchev–Trinajstić information content (AvgIpc) is 3.19. The molecule has 1 aliphatic heterocycles. The maximum atomic E-state index is 12.8. The molecule has 5 nitrogen and oxygen atoms in total. The van der Waals surface area contributed by atoms with E-state index in [1.807, 2.05) is 23.1 Å². The quantitative estimate of drug-likeness (QED) is 0.713. The minimum atomic E-state index is -0.0629. The van der Waals surface area contributed by atoms with Crippen LogP contribution in [-0.2, 0) is 6.42 Å². The van der Waals surface area contributed by atoms with Crippen molar-refractivity contribution in [1.29, 1.82) is 0 Å². The number of amides is 1. The summed E-state index contributed by atoms with van der Waals surface area (Å²) in [6.45, 7) is 1.52. The Morgan fingerprint density at radius 3 is 2.63 bits per heavy atom. The van der Waals surface area contributed by atoms with Crippen LogP contribution in [-0.4, -0.2) is 28.9 Å². The molecule has 5 heteroatoms. The van der Waals surface area contributed by atoms with Gasteiger partial charge in [-0.05, 0) is 48.9 Å². The molecule has 0 saturated carbocycles. The molecule has 1 aliphatic rings.